The Bertz CT molecular complexity index is 575. The second-order valence-corrected chi connectivity index (χ2v) is 4.99. The van der Waals surface area contributed by atoms with Gasteiger partial charge in [0.1, 0.15) is 5.82 Å². The molecule has 1 aromatic heterocycles. The fourth-order valence-corrected chi connectivity index (χ4v) is 2.41. The standard InChI is InChI=1S/C16H22FN3/c1-4-6-16-15(11-20(3)19-16)14-8-7-13(17)9-12(14)10-18-5-2/h7-9,11,18H,4-6,10H2,1-3H3. The van der Waals surface area contributed by atoms with Crippen LogP contribution in [0.25, 0.3) is 11.1 Å². The number of nitrogens with zero attached hydrogens (tertiary/aromatic N) is 2. The fraction of sp³-hybridized carbons (Fsp3) is 0.438. The summed E-state index contributed by atoms with van der Waals surface area (Å²) in [5.74, 6) is -0.192. The molecule has 2 aromatic rings. The number of rotatable bonds is 6. The van der Waals surface area contributed by atoms with E-state index < -0.39 is 0 Å². The van der Waals surface area contributed by atoms with Crippen molar-refractivity contribution in [3.8, 4) is 11.1 Å². The number of aromatic nitrogens is 2. The summed E-state index contributed by atoms with van der Waals surface area (Å²) in [5.41, 5.74) is 4.25. The molecular weight excluding hydrogens is 253 g/mol. The van der Waals surface area contributed by atoms with E-state index in [1.54, 1.807) is 6.07 Å². The molecule has 0 aliphatic heterocycles. The first-order chi connectivity index (χ1) is 9.65. The predicted octanol–water partition coefficient (Wildman–Crippen LogP) is 3.29. The lowest BCUT2D eigenvalue weighted by atomic mass is 9.98. The summed E-state index contributed by atoms with van der Waals surface area (Å²) in [7, 11) is 1.93. The molecule has 3 nitrogen and oxygen atoms in total. The summed E-state index contributed by atoms with van der Waals surface area (Å²) in [6.45, 7) is 5.73. The van der Waals surface area contributed by atoms with Crippen LogP contribution in [0.3, 0.4) is 0 Å². The number of halogens is 1. The molecule has 108 valence electrons. The topological polar surface area (TPSA) is 29.9 Å². The zero-order valence-corrected chi connectivity index (χ0v) is 12.4. The lowest BCUT2D eigenvalue weighted by Crippen LogP contribution is -2.12. The van der Waals surface area contributed by atoms with Gasteiger partial charge in [0, 0.05) is 25.4 Å². The van der Waals surface area contributed by atoms with Crippen molar-refractivity contribution in [3.63, 3.8) is 0 Å². The molecule has 0 unspecified atom stereocenters. The molecule has 0 saturated heterocycles. The average molecular weight is 275 g/mol. The highest BCUT2D eigenvalue weighted by molar-refractivity contribution is 5.69. The maximum absolute atomic E-state index is 13.5. The number of benzene rings is 1. The van der Waals surface area contributed by atoms with Crippen molar-refractivity contribution in [2.75, 3.05) is 6.54 Å². The first kappa shape index (κ1) is 14.7. The second kappa shape index (κ2) is 6.66. The van der Waals surface area contributed by atoms with Crippen molar-refractivity contribution in [3.05, 3.63) is 41.5 Å². The summed E-state index contributed by atoms with van der Waals surface area (Å²) in [6.07, 6.45) is 4.01. The third-order valence-electron chi connectivity index (χ3n) is 3.31. The number of hydrogen-bond acceptors (Lipinski definition) is 2. The van der Waals surface area contributed by atoms with Crippen molar-refractivity contribution in [1.82, 2.24) is 15.1 Å². The summed E-state index contributed by atoms with van der Waals surface area (Å²) < 4.78 is 15.3. The highest BCUT2D eigenvalue weighted by atomic mass is 19.1. The van der Waals surface area contributed by atoms with Gasteiger partial charge in [0.2, 0.25) is 0 Å². The molecule has 0 bridgehead atoms. The van der Waals surface area contributed by atoms with Crippen LogP contribution in [0.4, 0.5) is 4.39 Å². The lowest BCUT2D eigenvalue weighted by Gasteiger charge is -2.10. The molecule has 0 aliphatic rings. The van der Waals surface area contributed by atoms with Crippen LogP contribution in [0, 0.1) is 5.82 Å². The van der Waals surface area contributed by atoms with Gasteiger partial charge in [-0.1, -0.05) is 26.3 Å². The van der Waals surface area contributed by atoms with E-state index in [1.807, 2.05) is 30.9 Å². The van der Waals surface area contributed by atoms with E-state index in [0.29, 0.717) is 6.54 Å². The first-order valence-electron chi connectivity index (χ1n) is 7.17. The van der Waals surface area contributed by atoms with Crippen molar-refractivity contribution in [1.29, 1.82) is 0 Å². The van der Waals surface area contributed by atoms with Gasteiger partial charge < -0.3 is 5.32 Å². The normalized spacial score (nSPS) is 11.0. The van der Waals surface area contributed by atoms with Crippen molar-refractivity contribution in [2.45, 2.75) is 33.2 Å². The van der Waals surface area contributed by atoms with Crippen molar-refractivity contribution < 1.29 is 4.39 Å². The van der Waals surface area contributed by atoms with E-state index in [4.69, 9.17) is 0 Å². The zero-order chi connectivity index (χ0) is 14.5. The highest BCUT2D eigenvalue weighted by Crippen LogP contribution is 2.28. The molecule has 0 spiro atoms. The largest absolute Gasteiger partial charge is 0.313 e. The third-order valence-corrected chi connectivity index (χ3v) is 3.31. The van der Waals surface area contributed by atoms with Crippen LogP contribution in [0.2, 0.25) is 0 Å². The van der Waals surface area contributed by atoms with Gasteiger partial charge in [0.05, 0.1) is 5.69 Å². The first-order valence-corrected chi connectivity index (χ1v) is 7.17. The van der Waals surface area contributed by atoms with Crippen molar-refractivity contribution >= 4 is 0 Å². The molecule has 1 heterocycles. The van der Waals surface area contributed by atoms with Crippen LogP contribution in [0.1, 0.15) is 31.5 Å². The van der Waals surface area contributed by atoms with Crippen LogP contribution in [-0.2, 0) is 20.0 Å². The van der Waals surface area contributed by atoms with E-state index in [1.165, 1.54) is 6.07 Å². The van der Waals surface area contributed by atoms with Crippen LogP contribution in [-0.4, -0.2) is 16.3 Å². The molecule has 2 rings (SSSR count). The molecule has 0 radical (unpaired) electrons. The summed E-state index contributed by atoms with van der Waals surface area (Å²) in [4.78, 5) is 0. The minimum absolute atomic E-state index is 0.192. The summed E-state index contributed by atoms with van der Waals surface area (Å²) >= 11 is 0. The maximum Gasteiger partial charge on any atom is 0.123 e. The smallest absolute Gasteiger partial charge is 0.123 e. The van der Waals surface area contributed by atoms with Gasteiger partial charge in [-0.15, -0.1) is 0 Å². The molecule has 0 amide bonds. The molecule has 4 heteroatoms. The molecule has 1 aromatic carbocycles. The van der Waals surface area contributed by atoms with Gasteiger partial charge in [-0.05, 0) is 36.2 Å². The average Bonchev–Trinajstić information content (AvgIpc) is 2.78. The molecule has 0 aliphatic carbocycles. The Morgan fingerprint density at radius 2 is 2.05 bits per heavy atom. The molecule has 0 atom stereocenters. The summed E-state index contributed by atoms with van der Waals surface area (Å²) in [5, 5.41) is 7.79. The Hall–Kier alpha value is -1.68. The van der Waals surface area contributed by atoms with Crippen LogP contribution in [0.15, 0.2) is 24.4 Å². The van der Waals surface area contributed by atoms with Gasteiger partial charge in [0.25, 0.3) is 0 Å². The van der Waals surface area contributed by atoms with Gasteiger partial charge in [-0.2, -0.15) is 5.10 Å². The van der Waals surface area contributed by atoms with Crippen LogP contribution < -0.4 is 5.32 Å². The molecular formula is C16H22FN3. The minimum atomic E-state index is -0.192. The molecule has 0 saturated carbocycles. The van der Waals surface area contributed by atoms with E-state index in [0.717, 1.165) is 41.8 Å². The Labute approximate surface area is 119 Å². The molecule has 1 N–H and O–H groups in total. The Kier molecular flexibility index (Phi) is 4.90. The minimum Gasteiger partial charge on any atom is -0.313 e. The third kappa shape index (κ3) is 3.25. The monoisotopic (exact) mass is 275 g/mol. The van der Waals surface area contributed by atoms with Gasteiger partial charge >= 0.3 is 0 Å². The van der Waals surface area contributed by atoms with E-state index in [-0.39, 0.29) is 5.82 Å². The van der Waals surface area contributed by atoms with Crippen LogP contribution in [0.5, 0.6) is 0 Å². The zero-order valence-electron chi connectivity index (χ0n) is 12.4. The van der Waals surface area contributed by atoms with E-state index in [9.17, 15) is 4.39 Å². The molecule has 0 fully saturated rings. The molecule has 20 heavy (non-hydrogen) atoms. The van der Waals surface area contributed by atoms with Crippen molar-refractivity contribution in [2.24, 2.45) is 7.05 Å². The number of aryl methyl sites for hydroxylation is 2. The maximum atomic E-state index is 13.5. The predicted molar refractivity (Wildman–Crippen MR) is 80.0 cm³/mol. The lowest BCUT2D eigenvalue weighted by molar-refractivity contribution is 0.622. The van der Waals surface area contributed by atoms with Gasteiger partial charge in [-0.3, -0.25) is 4.68 Å². The Morgan fingerprint density at radius 3 is 2.75 bits per heavy atom. The van der Waals surface area contributed by atoms with E-state index in [2.05, 4.69) is 17.3 Å². The van der Waals surface area contributed by atoms with Gasteiger partial charge in [-0.25, -0.2) is 4.39 Å². The van der Waals surface area contributed by atoms with Gasteiger partial charge in [0.15, 0.2) is 0 Å². The summed E-state index contributed by atoms with van der Waals surface area (Å²) in [6, 6.07) is 4.99. The fourth-order valence-electron chi connectivity index (χ4n) is 2.41. The highest BCUT2D eigenvalue weighted by Gasteiger charge is 2.13. The van der Waals surface area contributed by atoms with E-state index >= 15 is 0 Å². The second-order valence-electron chi connectivity index (χ2n) is 4.99. The number of hydrogen-bond donors (Lipinski definition) is 1. The Balaban J connectivity index is 2.45. The quantitative estimate of drug-likeness (QED) is 0.876. The Morgan fingerprint density at radius 1 is 1.25 bits per heavy atom. The number of nitrogens with one attached hydrogen (secondary N) is 1. The SMILES string of the molecule is CCCc1nn(C)cc1-c1ccc(F)cc1CNCC. The van der Waals surface area contributed by atoms with Crippen LogP contribution >= 0.6 is 0 Å².